The van der Waals surface area contributed by atoms with Gasteiger partial charge in [-0.15, -0.1) is 0 Å². The Kier molecular flexibility index (Phi) is 3.18. The molecule has 0 spiro atoms. The Morgan fingerprint density at radius 2 is 1.90 bits per heavy atom. The lowest BCUT2D eigenvalue weighted by atomic mass is 10.2. The second kappa shape index (κ2) is 5.00. The van der Waals surface area contributed by atoms with E-state index in [-0.39, 0.29) is 0 Å². The van der Waals surface area contributed by atoms with Gasteiger partial charge in [-0.1, -0.05) is 0 Å². The van der Waals surface area contributed by atoms with E-state index in [9.17, 15) is 0 Å². The van der Waals surface area contributed by atoms with Gasteiger partial charge in [0.2, 0.25) is 0 Å². The molecule has 0 aliphatic heterocycles. The highest BCUT2D eigenvalue weighted by atomic mass is 15.2. The van der Waals surface area contributed by atoms with Gasteiger partial charge >= 0.3 is 0 Å². The van der Waals surface area contributed by atoms with Crippen LogP contribution in [0.3, 0.4) is 0 Å². The quantitative estimate of drug-likeness (QED) is 0.835. The van der Waals surface area contributed by atoms with E-state index in [1.165, 1.54) is 12.8 Å². The van der Waals surface area contributed by atoms with E-state index in [4.69, 9.17) is 5.73 Å². The fraction of sp³-hybridized carbons (Fsp3) is 0.333. The molecule has 20 heavy (non-hydrogen) atoms. The maximum Gasteiger partial charge on any atom is 0.138 e. The molecular formula is C15H19N5. The Bertz CT molecular complexity index is 604. The largest absolute Gasteiger partial charge is 0.399 e. The first-order valence-corrected chi connectivity index (χ1v) is 6.83. The summed E-state index contributed by atoms with van der Waals surface area (Å²) in [5, 5.41) is 3.41. The summed E-state index contributed by atoms with van der Waals surface area (Å²) in [5.41, 5.74) is 7.53. The summed E-state index contributed by atoms with van der Waals surface area (Å²) in [6, 6.07) is 10.3. The molecule has 0 bridgehead atoms. The fourth-order valence-electron chi connectivity index (χ4n) is 2.06. The summed E-state index contributed by atoms with van der Waals surface area (Å²) in [6.07, 6.45) is 2.46. The minimum absolute atomic E-state index is 0.582. The molecule has 1 heterocycles. The molecule has 0 saturated heterocycles. The van der Waals surface area contributed by atoms with Crippen LogP contribution in [0.1, 0.15) is 18.7 Å². The van der Waals surface area contributed by atoms with Crippen LogP contribution in [0.25, 0.3) is 0 Å². The Hall–Kier alpha value is -2.30. The number of rotatable bonds is 4. The van der Waals surface area contributed by atoms with Crippen molar-refractivity contribution in [1.82, 2.24) is 9.97 Å². The molecule has 1 saturated carbocycles. The highest BCUT2D eigenvalue weighted by Gasteiger charge is 2.22. The SMILES string of the molecule is Cc1nc(NC2CC2)cc(N(C)c2ccc(N)cc2)n1. The lowest BCUT2D eigenvalue weighted by Gasteiger charge is -2.19. The van der Waals surface area contributed by atoms with Gasteiger partial charge in [0.25, 0.3) is 0 Å². The summed E-state index contributed by atoms with van der Waals surface area (Å²) < 4.78 is 0. The molecule has 3 rings (SSSR count). The van der Waals surface area contributed by atoms with Crippen LogP contribution in [-0.4, -0.2) is 23.1 Å². The summed E-state index contributed by atoms with van der Waals surface area (Å²) in [6.45, 7) is 1.92. The van der Waals surface area contributed by atoms with E-state index in [0.29, 0.717) is 6.04 Å². The second-order valence-electron chi connectivity index (χ2n) is 5.23. The molecule has 0 unspecified atom stereocenters. The molecule has 5 nitrogen and oxygen atoms in total. The van der Waals surface area contributed by atoms with Crippen molar-refractivity contribution in [2.75, 3.05) is 23.0 Å². The van der Waals surface area contributed by atoms with Crippen molar-refractivity contribution in [2.45, 2.75) is 25.8 Å². The van der Waals surface area contributed by atoms with Crippen LogP contribution in [0, 0.1) is 6.92 Å². The molecule has 1 fully saturated rings. The van der Waals surface area contributed by atoms with Crippen molar-refractivity contribution in [2.24, 2.45) is 0 Å². The third kappa shape index (κ3) is 2.82. The molecular weight excluding hydrogens is 250 g/mol. The van der Waals surface area contributed by atoms with E-state index in [1.807, 2.05) is 49.2 Å². The van der Waals surface area contributed by atoms with Gasteiger partial charge < -0.3 is 16.0 Å². The Morgan fingerprint density at radius 1 is 1.20 bits per heavy atom. The molecule has 104 valence electrons. The second-order valence-corrected chi connectivity index (χ2v) is 5.23. The van der Waals surface area contributed by atoms with Gasteiger partial charge in [0.15, 0.2) is 0 Å². The first-order chi connectivity index (χ1) is 9.61. The predicted molar refractivity (Wildman–Crippen MR) is 82.3 cm³/mol. The van der Waals surface area contributed by atoms with Crippen LogP contribution < -0.4 is 16.0 Å². The maximum atomic E-state index is 5.72. The average molecular weight is 269 g/mol. The number of nitrogens with zero attached hydrogens (tertiary/aromatic N) is 3. The number of hydrogen-bond donors (Lipinski definition) is 2. The minimum atomic E-state index is 0.582. The van der Waals surface area contributed by atoms with Crippen molar-refractivity contribution in [3.63, 3.8) is 0 Å². The average Bonchev–Trinajstić information content (AvgIpc) is 3.22. The predicted octanol–water partition coefficient (Wildman–Crippen LogP) is 2.71. The smallest absolute Gasteiger partial charge is 0.138 e. The molecule has 0 radical (unpaired) electrons. The summed E-state index contributed by atoms with van der Waals surface area (Å²) in [7, 11) is 1.99. The van der Waals surface area contributed by atoms with Crippen molar-refractivity contribution in [3.8, 4) is 0 Å². The monoisotopic (exact) mass is 269 g/mol. The van der Waals surface area contributed by atoms with Crippen LogP contribution in [-0.2, 0) is 0 Å². The highest BCUT2D eigenvalue weighted by molar-refractivity contribution is 5.63. The van der Waals surface area contributed by atoms with Gasteiger partial charge in [0, 0.05) is 30.5 Å². The highest BCUT2D eigenvalue weighted by Crippen LogP contribution is 2.27. The first kappa shape index (κ1) is 12.7. The zero-order chi connectivity index (χ0) is 14.1. The number of hydrogen-bond acceptors (Lipinski definition) is 5. The lowest BCUT2D eigenvalue weighted by Crippen LogP contribution is -2.14. The van der Waals surface area contributed by atoms with Crippen LogP contribution in [0.15, 0.2) is 30.3 Å². The van der Waals surface area contributed by atoms with Crippen molar-refractivity contribution >= 4 is 23.0 Å². The van der Waals surface area contributed by atoms with Crippen molar-refractivity contribution < 1.29 is 0 Å². The molecule has 2 aromatic rings. The Morgan fingerprint density at radius 3 is 2.55 bits per heavy atom. The van der Waals surface area contributed by atoms with Crippen LogP contribution >= 0.6 is 0 Å². The number of aromatic nitrogens is 2. The Labute approximate surface area is 118 Å². The molecule has 5 heteroatoms. The van der Waals surface area contributed by atoms with E-state index in [2.05, 4.69) is 15.3 Å². The number of benzene rings is 1. The van der Waals surface area contributed by atoms with Crippen LogP contribution in [0.5, 0.6) is 0 Å². The van der Waals surface area contributed by atoms with E-state index in [1.54, 1.807) is 0 Å². The van der Waals surface area contributed by atoms with Gasteiger partial charge in [-0.2, -0.15) is 0 Å². The van der Waals surface area contributed by atoms with E-state index < -0.39 is 0 Å². The maximum absolute atomic E-state index is 5.72. The number of nitrogens with two attached hydrogens (primary N) is 1. The number of nitrogen functional groups attached to an aromatic ring is 1. The minimum Gasteiger partial charge on any atom is -0.399 e. The number of anilines is 4. The lowest BCUT2D eigenvalue weighted by molar-refractivity contribution is 0.995. The van der Waals surface area contributed by atoms with Gasteiger partial charge in [0.05, 0.1) is 0 Å². The van der Waals surface area contributed by atoms with E-state index >= 15 is 0 Å². The summed E-state index contributed by atoms with van der Waals surface area (Å²) >= 11 is 0. The molecule has 3 N–H and O–H groups in total. The summed E-state index contributed by atoms with van der Waals surface area (Å²) in [5.74, 6) is 2.55. The van der Waals surface area contributed by atoms with Crippen LogP contribution in [0.4, 0.5) is 23.0 Å². The molecule has 1 aromatic carbocycles. The number of aryl methyl sites for hydroxylation is 1. The van der Waals surface area contributed by atoms with Gasteiger partial charge in [-0.3, -0.25) is 0 Å². The first-order valence-electron chi connectivity index (χ1n) is 6.83. The van der Waals surface area contributed by atoms with Gasteiger partial charge in [-0.05, 0) is 44.0 Å². The van der Waals surface area contributed by atoms with Crippen LogP contribution in [0.2, 0.25) is 0 Å². The van der Waals surface area contributed by atoms with Gasteiger partial charge in [-0.25, -0.2) is 9.97 Å². The normalized spacial score (nSPS) is 14.1. The van der Waals surface area contributed by atoms with E-state index in [0.717, 1.165) is 28.8 Å². The zero-order valence-corrected chi connectivity index (χ0v) is 11.8. The topological polar surface area (TPSA) is 67.1 Å². The zero-order valence-electron chi connectivity index (χ0n) is 11.8. The standard InChI is InChI=1S/C15H19N5/c1-10-17-14(19-12-5-6-12)9-15(18-10)20(2)13-7-3-11(16)4-8-13/h3-4,7-9,12H,5-6,16H2,1-2H3,(H,17,18,19). The third-order valence-corrected chi connectivity index (χ3v) is 3.38. The fourth-order valence-corrected chi connectivity index (χ4v) is 2.06. The summed E-state index contributed by atoms with van der Waals surface area (Å²) in [4.78, 5) is 11.0. The number of nitrogens with one attached hydrogen (secondary N) is 1. The Balaban J connectivity index is 1.87. The molecule has 0 atom stereocenters. The van der Waals surface area contributed by atoms with Crippen molar-refractivity contribution in [1.29, 1.82) is 0 Å². The molecule has 1 aliphatic rings. The molecule has 1 aromatic heterocycles. The molecule has 1 aliphatic carbocycles. The molecule has 0 amide bonds. The third-order valence-electron chi connectivity index (χ3n) is 3.38. The van der Waals surface area contributed by atoms with Gasteiger partial charge in [0.1, 0.15) is 17.5 Å². The van der Waals surface area contributed by atoms with Crippen molar-refractivity contribution in [3.05, 3.63) is 36.2 Å².